The first kappa shape index (κ1) is 24.5. The quantitative estimate of drug-likeness (QED) is 0.359. The van der Waals surface area contributed by atoms with E-state index < -0.39 is 0 Å². The molecule has 0 saturated carbocycles. The number of carbonyl (C=O) groups excluding carboxylic acids is 1. The molecule has 1 aromatic carbocycles. The third-order valence-corrected chi connectivity index (χ3v) is 6.83. The molecule has 3 aromatic heterocycles. The SMILES string of the molecule is CCCn1c(=O)c2[nH]c(-c3cnn(C(c4ccc(OC)cc4)C4CNC(=O)C4)c3)nc2n(CCC)c1=O. The van der Waals surface area contributed by atoms with Crippen LogP contribution >= 0.6 is 0 Å². The summed E-state index contributed by atoms with van der Waals surface area (Å²) < 4.78 is 9.97. The zero-order valence-electron chi connectivity index (χ0n) is 21.2. The minimum absolute atomic E-state index is 0.0142. The molecule has 2 unspecified atom stereocenters. The molecular weight excluding hydrogens is 474 g/mol. The van der Waals surface area contributed by atoms with Gasteiger partial charge < -0.3 is 15.0 Å². The van der Waals surface area contributed by atoms with Crippen molar-refractivity contribution in [3.8, 4) is 17.1 Å². The smallest absolute Gasteiger partial charge is 0.332 e. The Morgan fingerprint density at radius 3 is 2.46 bits per heavy atom. The van der Waals surface area contributed by atoms with Crippen LogP contribution in [0, 0.1) is 5.92 Å². The van der Waals surface area contributed by atoms with Gasteiger partial charge in [0.05, 0.1) is 24.9 Å². The van der Waals surface area contributed by atoms with Gasteiger partial charge in [-0.15, -0.1) is 0 Å². The van der Waals surface area contributed by atoms with Crippen LogP contribution in [0.4, 0.5) is 0 Å². The normalized spacial score (nSPS) is 16.3. The minimum atomic E-state index is -0.369. The van der Waals surface area contributed by atoms with Crippen molar-refractivity contribution in [1.29, 1.82) is 0 Å². The van der Waals surface area contributed by atoms with Gasteiger partial charge in [0, 0.05) is 38.2 Å². The number of fused-ring (bicyclic) bond motifs is 1. The van der Waals surface area contributed by atoms with E-state index in [9.17, 15) is 14.4 Å². The van der Waals surface area contributed by atoms with Crippen LogP contribution in [0.25, 0.3) is 22.6 Å². The van der Waals surface area contributed by atoms with Crippen molar-refractivity contribution in [3.63, 3.8) is 0 Å². The summed E-state index contributed by atoms with van der Waals surface area (Å²) in [6.45, 7) is 5.27. The van der Waals surface area contributed by atoms with Crippen LogP contribution in [0.15, 0.2) is 46.2 Å². The molecule has 2 N–H and O–H groups in total. The zero-order valence-corrected chi connectivity index (χ0v) is 21.2. The number of carbonyl (C=O) groups is 1. The monoisotopic (exact) mass is 505 g/mol. The Labute approximate surface area is 213 Å². The van der Waals surface area contributed by atoms with Crippen LogP contribution in [0.2, 0.25) is 0 Å². The van der Waals surface area contributed by atoms with E-state index >= 15 is 0 Å². The Bertz CT molecular complexity index is 1540. The largest absolute Gasteiger partial charge is 0.497 e. The number of H-pyrrole nitrogens is 1. The number of rotatable bonds is 9. The molecule has 0 spiro atoms. The Morgan fingerprint density at radius 2 is 1.81 bits per heavy atom. The lowest BCUT2D eigenvalue weighted by molar-refractivity contribution is -0.119. The number of aryl methyl sites for hydroxylation is 1. The second kappa shape index (κ2) is 10.1. The van der Waals surface area contributed by atoms with Gasteiger partial charge in [0.15, 0.2) is 5.65 Å². The molecule has 0 bridgehead atoms. The number of aromatic amines is 1. The topological polar surface area (TPSA) is 129 Å². The zero-order chi connectivity index (χ0) is 26.1. The Kier molecular flexibility index (Phi) is 6.68. The maximum Gasteiger partial charge on any atom is 0.332 e. The van der Waals surface area contributed by atoms with Crippen LogP contribution in [-0.4, -0.2) is 48.4 Å². The van der Waals surface area contributed by atoms with Gasteiger partial charge >= 0.3 is 5.69 Å². The molecule has 2 atom stereocenters. The number of amides is 1. The van der Waals surface area contributed by atoms with Gasteiger partial charge in [0.25, 0.3) is 5.56 Å². The number of imidazole rings is 1. The summed E-state index contributed by atoms with van der Waals surface area (Å²) in [4.78, 5) is 46.0. The molecule has 0 radical (unpaired) electrons. The lowest BCUT2D eigenvalue weighted by Gasteiger charge is -2.23. The first-order valence-electron chi connectivity index (χ1n) is 12.6. The second-order valence-corrected chi connectivity index (χ2v) is 9.37. The van der Waals surface area contributed by atoms with Crippen LogP contribution in [0.5, 0.6) is 5.75 Å². The predicted octanol–water partition coefficient (Wildman–Crippen LogP) is 2.30. The highest BCUT2D eigenvalue weighted by Crippen LogP contribution is 2.33. The van der Waals surface area contributed by atoms with E-state index in [1.165, 1.54) is 4.57 Å². The van der Waals surface area contributed by atoms with Crippen molar-refractivity contribution in [3.05, 3.63) is 63.1 Å². The number of benzene rings is 1. The molecular formula is C26H31N7O4. The fraction of sp³-hybridized carbons (Fsp3) is 0.423. The summed E-state index contributed by atoms with van der Waals surface area (Å²) in [6.07, 6.45) is 5.35. The fourth-order valence-corrected chi connectivity index (χ4v) is 5.05. The standard InChI is InChI=1S/C26H31N7O4/c1-4-10-31-24-21(25(35)32(11-5-2)26(31)36)29-23(30-24)18-14-28-33(15-18)22(17-12-20(34)27-13-17)16-6-8-19(37-3)9-7-16/h6-9,14-15,17,22H,4-5,10-13H2,1-3H3,(H,27,34)(H,29,30). The molecule has 37 heavy (non-hydrogen) atoms. The number of hydrogen-bond donors (Lipinski definition) is 2. The lowest BCUT2D eigenvalue weighted by Crippen LogP contribution is -2.40. The summed E-state index contributed by atoms with van der Waals surface area (Å²) in [7, 11) is 1.62. The van der Waals surface area contributed by atoms with Crippen molar-refractivity contribution >= 4 is 17.1 Å². The van der Waals surface area contributed by atoms with Crippen molar-refractivity contribution in [1.82, 2.24) is 34.2 Å². The van der Waals surface area contributed by atoms with Gasteiger partial charge in [0.2, 0.25) is 5.91 Å². The van der Waals surface area contributed by atoms with Crippen molar-refractivity contribution < 1.29 is 9.53 Å². The van der Waals surface area contributed by atoms with E-state index in [0.717, 1.165) is 17.7 Å². The molecule has 1 saturated heterocycles. The molecule has 0 aliphatic carbocycles. The molecule has 4 heterocycles. The maximum absolute atomic E-state index is 13.1. The number of nitrogens with zero attached hydrogens (tertiary/aromatic N) is 5. The number of nitrogens with one attached hydrogen (secondary N) is 2. The first-order valence-corrected chi connectivity index (χ1v) is 12.6. The van der Waals surface area contributed by atoms with Crippen LogP contribution < -0.4 is 21.3 Å². The van der Waals surface area contributed by atoms with Crippen molar-refractivity contribution in [2.45, 2.75) is 52.2 Å². The molecule has 5 rings (SSSR count). The summed E-state index contributed by atoms with van der Waals surface area (Å²) >= 11 is 0. The summed E-state index contributed by atoms with van der Waals surface area (Å²) in [5.74, 6) is 1.25. The predicted molar refractivity (Wildman–Crippen MR) is 139 cm³/mol. The average molecular weight is 506 g/mol. The average Bonchev–Trinajstić information content (AvgIpc) is 3.65. The van der Waals surface area contributed by atoms with E-state index in [0.29, 0.717) is 55.0 Å². The Hall–Kier alpha value is -4.15. The number of methoxy groups -OCH3 is 1. The van der Waals surface area contributed by atoms with E-state index in [4.69, 9.17) is 4.74 Å². The number of aromatic nitrogens is 6. The third-order valence-electron chi connectivity index (χ3n) is 6.83. The third kappa shape index (κ3) is 4.45. The van der Waals surface area contributed by atoms with E-state index in [2.05, 4.69) is 20.4 Å². The van der Waals surface area contributed by atoms with Gasteiger partial charge in [-0.1, -0.05) is 26.0 Å². The van der Waals surface area contributed by atoms with Gasteiger partial charge in [-0.25, -0.2) is 9.78 Å². The lowest BCUT2D eigenvalue weighted by atomic mass is 9.92. The molecule has 194 valence electrons. The fourth-order valence-electron chi connectivity index (χ4n) is 5.05. The molecule has 4 aromatic rings. The van der Waals surface area contributed by atoms with Gasteiger partial charge in [-0.3, -0.25) is 23.4 Å². The van der Waals surface area contributed by atoms with Gasteiger partial charge in [0.1, 0.15) is 17.1 Å². The van der Waals surface area contributed by atoms with E-state index in [1.54, 1.807) is 17.9 Å². The van der Waals surface area contributed by atoms with Crippen LogP contribution in [0.1, 0.15) is 44.7 Å². The minimum Gasteiger partial charge on any atom is -0.497 e. The highest BCUT2D eigenvalue weighted by Gasteiger charge is 2.32. The first-order chi connectivity index (χ1) is 17.9. The van der Waals surface area contributed by atoms with Crippen molar-refractivity contribution in [2.24, 2.45) is 5.92 Å². The van der Waals surface area contributed by atoms with Gasteiger partial charge in [-0.2, -0.15) is 5.10 Å². The Morgan fingerprint density at radius 1 is 1.08 bits per heavy atom. The van der Waals surface area contributed by atoms with Crippen LogP contribution in [-0.2, 0) is 17.9 Å². The maximum atomic E-state index is 13.1. The Balaban J connectivity index is 1.58. The molecule has 1 amide bonds. The highest BCUT2D eigenvalue weighted by molar-refractivity contribution is 5.78. The summed E-state index contributed by atoms with van der Waals surface area (Å²) in [5, 5.41) is 7.55. The second-order valence-electron chi connectivity index (χ2n) is 9.37. The van der Waals surface area contributed by atoms with E-state index in [1.807, 2.05) is 49.0 Å². The molecule has 11 nitrogen and oxygen atoms in total. The van der Waals surface area contributed by atoms with Crippen molar-refractivity contribution in [2.75, 3.05) is 13.7 Å². The van der Waals surface area contributed by atoms with E-state index in [-0.39, 0.29) is 29.1 Å². The summed E-state index contributed by atoms with van der Waals surface area (Å²) in [5.41, 5.74) is 1.63. The molecule has 1 aliphatic heterocycles. The molecule has 1 fully saturated rings. The van der Waals surface area contributed by atoms with Crippen LogP contribution in [0.3, 0.4) is 0 Å². The number of ether oxygens (including phenoxy) is 1. The molecule has 11 heteroatoms. The van der Waals surface area contributed by atoms with Gasteiger partial charge in [-0.05, 0) is 30.5 Å². The number of hydrogen-bond acceptors (Lipinski definition) is 6. The highest BCUT2D eigenvalue weighted by atomic mass is 16.5. The molecule has 1 aliphatic rings. The summed E-state index contributed by atoms with van der Waals surface area (Å²) in [6, 6.07) is 7.56.